The van der Waals surface area contributed by atoms with Gasteiger partial charge in [-0.1, -0.05) is 60.7 Å². The van der Waals surface area contributed by atoms with E-state index in [4.69, 9.17) is 0 Å². The summed E-state index contributed by atoms with van der Waals surface area (Å²) in [6.07, 6.45) is 1.06. The number of benzene rings is 4. The molecule has 0 heterocycles. The van der Waals surface area contributed by atoms with Gasteiger partial charge >= 0.3 is 0 Å². The first kappa shape index (κ1) is 12.9. The van der Waals surface area contributed by atoms with Gasteiger partial charge < -0.3 is 0 Å². The fraction of sp³-hybridized carbons (Fsp3) is 0.130. The molecule has 0 amide bonds. The molecule has 4 aromatic carbocycles. The van der Waals surface area contributed by atoms with E-state index in [2.05, 4.69) is 74.5 Å². The number of fused-ring (bicyclic) bond motifs is 7. The predicted octanol–water partition coefficient (Wildman–Crippen LogP) is 6.18. The van der Waals surface area contributed by atoms with E-state index in [9.17, 15) is 0 Å². The Morgan fingerprint density at radius 1 is 0.565 bits per heavy atom. The zero-order valence-corrected chi connectivity index (χ0v) is 13.5. The van der Waals surface area contributed by atoms with E-state index in [0.29, 0.717) is 0 Å². The van der Waals surface area contributed by atoms with Crippen LogP contribution in [0.5, 0.6) is 0 Å². The molecule has 0 spiro atoms. The maximum atomic E-state index is 2.39. The van der Waals surface area contributed by atoms with Gasteiger partial charge in [0.2, 0.25) is 0 Å². The molecular weight excluding hydrogens is 276 g/mol. The van der Waals surface area contributed by atoms with Gasteiger partial charge in [0, 0.05) is 0 Å². The van der Waals surface area contributed by atoms with Crippen molar-refractivity contribution in [2.45, 2.75) is 20.3 Å². The zero-order chi connectivity index (χ0) is 15.6. The molecule has 1 aliphatic carbocycles. The lowest BCUT2D eigenvalue weighted by Crippen LogP contribution is -1.88. The van der Waals surface area contributed by atoms with Gasteiger partial charge in [0.25, 0.3) is 0 Å². The topological polar surface area (TPSA) is 0 Å². The van der Waals surface area contributed by atoms with E-state index in [1.165, 1.54) is 54.9 Å². The van der Waals surface area contributed by atoms with Crippen LogP contribution in [-0.2, 0) is 6.42 Å². The molecule has 110 valence electrons. The Balaban J connectivity index is 2.01. The van der Waals surface area contributed by atoms with E-state index in [1.54, 1.807) is 0 Å². The highest BCUT2D eigenvalue weighted by Crippen LogP contribution is 2.46. The first-order chi connectivity index (χ1) is 11.2. The lowest BCUT2D eigenvalue weighted by atomic mass is 9.91. The van der Waals surface area contributed by atoms with Gasteiger partial charge in [-0.25, -0.2) is 0 Å². The summed E-state index contributed by atoms with van der Waals surface area (Å²) < 4.78 is 0. The van der Waals surface area contributed by atoms with Crippen LogP contribution in [0.15, 0.2) is 60.7 Å². The average Bonchev–Trinajstić information content (AvgIpc) is 2.93. The molecule has 23 heavy (non-hydrogen) atoms. The highest BCUT2D eigenvalue weighted by Gasteiger charge is 2.24. The minimum Gasteiger partial charge on any atom is -0.0616 e. The van der Waals surface area contributed by atoms with Gasteiger partial charge in [0.15, 0.2) is 0 Å². The summed E-state index contributed by atoms with van der Waals surface area (Å²) in [5.41, 5.74) is 8.63. The molecule has 0 nitrogen and oxygen atoms in total. The minimum absolute atomic E-state index is 1.06. The molecule has 0 heteroatoms. The molecule has 0 saturated carbocycles. The summed E-state index contributed by atoms with van der Waals surface area (Å²) in [4.78, 5) is 0. The highest BCUT2D eigenvalue weighted by molar-refractivity contribution is 6.11. The predicted molar refractivity (Wildman–Crippen MR) is 99.2 cm³/mol. The molecule has 0 saturated heterocycles. The fourth-order valence-corrected chi connectivity index (χ4v) is 4.33. The average molecular weight is 294 g/mol. The molecule has 4 aromatic rings. The summed E-state index contributed by atoms with van der Waals surface area (Å²) in [7, 11) is 0. The Bertz CT molecular complexity index is 1010. The van der Waals surface area contributed by atoms with E-state index in [0.717, 1.165) is 6.42 Å². The molecule has 0 aromatic heterocycles. The van der Waals surface area contributed by atoms with Crippen molar-refractivity contribution in [3.05, 3.63) is 82.9 Å². The Labute approximate surface area is 136 Å². The highest BCUT2D eigenvalue weighted by atomic mass is 14.3. The molecule has 0 aliphatic heterocycles. The third-order valence-electron chi connectivity index (χ3n) is 5.30. The van der Waals surface area contributed by atoms with Gasteiger partial charge in [-0.3, -0.25) is 0 Å². The van der Waals surface area contributed by atoms with Crippen molar-refractivity contribution in [1.82, 2.24) is 0 Å². The number of aryl methyl sites for hydroxylation is 2. The minimum atomic E-state index is 1.06. The Kier molecular flexibility index (Phi) is 2.50. The van der Waals surface area contributed by atoms with Crippen LogP contribution in [-0.4, -0.2) is 0 Å². The van der Waals surface area contributed by atoms with Gasteiger partial charge in [0.05, 0.1) is 0 Å². The van der Waals surface area contributed by atoms with Crippen molar-refractivity contribution in [2.24, 2.45) is 0 Å². The second-order valence-corrected chi connectivity index (χ2v) is 6.72. The molecule has 0 N–H and O–H groups in total. The largest absolute Gasteiger partial charge is 0.0616 e. The lowest BCUT2D eigenvalue weighted by Gasteiger charge is -2.13. The smallest absolute Gasteiger partial charge is 0.00128 e. The third-order valence-corrected chi connectivity index (χ3v) is 5.30. The van der Waals surface area contributed by atoms with Gasteiger partial charge in [-0.05, 0) is 75.2 Å². The maximum absolute atomic E-state index is 2.39. The van der Waals surface area contributed by atoms with Crippen LogP contribution in [0.25, 0.3) is 32.7 Å². The van der Waals surface area contributed by atoms with Crippen LogP contribution in [0.1, 0.15) is 22.3 Å². The van der Waals surface area contributed by atoms with Crippen molar-refractivity contribution in [3.8, 4) is 11.1 Å². The number of hydrogen-bond donors (Lipinski definition) is 0. The van der Waals surface area contributed by atoms with Crippen LogP contribution in [0, 0.1) is 13.8 Å². The third kappa shape index (κ3) is 1.66. The lowest BCUT2D eigenvalue weighted by molar-refractivity contribution is 1.25. The molecule has 0 unspecified atom stereocenters. The molecule has 0 atom stereocenters. The molecule has 5 rings (SSSR count). The number of hydrogen-bond acceptors (Lipinski definition) is 0. The van der Waals surface area contributed by atoms with Crippen molar-refractivity contribution in [1.29, 1.82) is 0 Å². The molecule has 0 radical (unpaired) electrons. The van der Waals surface area contributed by atoms with Crippen LogP contribution < -0.4 is 0 Å². The fourth-order valence-electron chi connectivity index (χ4n) is 4.33. The Morgan fingerprint density at radius 2 is 0.957 bits per heavy atom. The second-order valence-electron chi connectivity index (χ2n) is 6.72. The Morgan fingerprint density at radius 3 is 1.39 bits per heavy atom. The van der Waals surface area contributed by atoms with Crippen LogP contribution in [0.4, 0.5) is 0 Å². The maximum Gasteiger partial charge on any atom is -0.00128 e. The van der Waals surface area contributed by atoms with E-state index in [-0.39, 0.29) is 0 Å². The van der Waals surface area contributed by atoms with Crippen LogP contribution in [0.3, 0.4) is 0 Å². The first-order valence-corrected chi connectivity index (χ1v) is 8.27. The Hall–Kier alpha value is -2.60. The van der Waals surface area contributed by atoms with Crippen molar-refractivity contribution >= 4 is 21.5 Å². The SMILES string of the molecule is Cc1cc2c(c3ccccc13)-c1c(cc(C)c3ccccc13)C2. The van der Waals surface area contributed by atoms with Gasteiger partial charge in [-0.2, -0.15) is 0 Å². The zero-order valence-electron chi connectivity index (χ0n) is 13.5. The van der Waals surface area contributed by atoms with E-state index < -0.39 is 0 Å². The first-order valence-electron chi connectivity index (χ1n) is 8.27. The quantitative estimate of drug-likeness (QED) is 0.320. The van der Waals surface area contributed by atoms with Gasteiger partial charge in [0.1, 0.15) is 0 Å². The number of rotatable bonds is 0. The van der Waals surface area contributed by atoms with Crippen molar-refractivity contribution in [3.63, 3.8) is 0 Å². The molecule has 1 aliphatic rings. The second kappa shape index (κ2) is 4.45. The van der Waals surface area contributed by atoms with Crippen LogP contribution >= 0.6 is 0 Å². The van der Waals surface area contributed by atoms with Crippen molar-refractivity contribution < 1.29 is 0 Å². The monoisotopic (exact) mass is 294 g/mol. The summed E-state index contributed by atoms with van der Waals surface area (Å²) >= 11 is 0. The van der Waals surface area contributed by atoms with Crippen molar-refractivity contribution in [2.75, 3.05) is 0 Å². The van der Waals surface area contributed by atoms with E-state index in [1.807, 2.05) is 0 Å². The summed E-state index contributed by atoms with van der Waals surface area (Å²) in [6, 6.07) is 22.5. The molecule has 0 bridgehead atoms. The standard InChI is InChI=1S/C23H18/c1-14-11-16-13-17-12-15(2)19-8-4-6-10-21(19)23(17)22(16)20-9-5-3-7-18(14)20/h3-12H,13H2,1-2H3. The summed E-state index contributed by atoms with van der Waals surface area (Å²) in [5, 5.41) is 5.55. The van der Waals surface area contributed by atoms with Gasteiger partial charge in [-0.15, -0.1) is 0 Å². The van der Waals surface area contributed by atoms with E-state index >= 15 is 0 Å². The molecule has 0 fully saturated rings. The summed E-state index contributed by atoms with van der Waals surface area (Å²) in [6.45, 7) is 4.46. The normalized spacial score (nSPS) is 12.6. The molecular formula is C23H18. The van der Waals surface area contributed by atoms with Crippen LogP contribution in [0.2, 0.25) is 0 Å². The summed E-state index contributed by atoms with van der Waals surface area (Å²) in [5.74, 6) is 0.